The lowest BCUT2D eigenvalue weighted by molar-refractivity contribution is -0.292. The van der Waals surface area contributed by atoms with Gasteiger partial charge in [-0.1, -0.05) is 19.3 Å². The molecule has 7 heteroatoms. The van der Waals surface area contributed by atoms with E-state index in [9.17, 15) is 15.8 Å². The van der Waals surface area contributed by atoms with Gasteiger partial charge in [-0.3, -0.25) is 5.41 Å². The Bertz CT molecular complexity index is 903. The van der Waals surface area contributed by atoms with Gasteiger partial charge in [0.1, 0.15) is 11.5 Å². The zero-order valence-corrected chi connectivity index (χ0v) is 15.1. The monoisotopic (exact) mass is 364 g/mol. The summed E-state index contributed by atoms with van der Waals surface area (Å²) < 4.78 is 18.0. The van der Waals surface area contributed by atoms with E-state index >= 15 is 0 Å². The van der Waals surface area contributed by atoms with E-state index in [4.69, 9.17) is 19.3 Å². The van der Waals surface area contributed by atoms with E-state index in [1.807, 2.05) is 0 Å². The molecule has 27 heavy (non-hydrogen) atoms. The molecule has 4 rings (SSSR count). The third kappa shape index (κ3) is 2.00. The summed E-state index contributed by atoms with van der Waals surface area (Å²) in [6.07, 6.45) is 3.69. The van der Waals surface area contributed by atoms with E-state index < -0.39 is 28.6 Å². The molecule has 3 heterocycles. The SMILES string of the molecule is Cc1ccc(C2OC34CCCCCCC3C(C#N)(C(=N)O4)C2(C#N)C#N)o1. The predicted octanol–water partition coefficient (Wildman–Crippen LogP) is 3.88. The van der Waals surface area contributed by atoms with Crippen LogP contribution in [0.5, 0.6) is 0 Å². The minimum absolute atomic E-state index is 0.313. The van der Waals surface area contributed by atoms with Crippen molar-refractivity contribution in [3.63, 3.8) is 0 Å². The third-order valence-corrected chi connectivity index (χ3v) is 6.34. The summed E-state index contributed by atoms with van der Waals surface area (Å²) in [6, 6.07) is 9.68. The van der Waals surface area contributed by atoms with E-state index in [1.165, 1.54) is 0 Å². The first-order valence-corrected chi connectivity index (χ1v) is 9.25. The van der Waals surface area contributed by atoms with Crippen molar-refractivity contribution in [3.05, 3.63) is 23.7 Å². The molecule has 1 N–H and O–H groups in total. The highest BCUT2D eigenvalue weighted by Gasteiger charge is 2.80. The zero-order chi connectivity index (χ0) is 19.3. The number of furan rings is 1. The maximum Gasteiger partial charge on any atom is 0.217 e. The number of nitrogens with zero attached hydrogens (tertiary/aromatic N) is 3. The molecule has 4 unspecified atom stereocenters. The van der Waals surface area contributed by atoms with Crippen molar-refractivity contribution in [2.75, 3.05) is 0 Å². The lowest BCUT2D eigenvalue weighted by atomic mass is 9.52. The Balaban J connectivity index is 1.98. The van der Waals surface area contributed by atoms with Crippen molar-refractivity contribution in [1.29, 1.82) is 21.2 Å². The van der Waals surface area contributed by atoms with Crippen LogP contribution >= 0.6 is 0 Å². The Kier molecular flexibility index (Phi) is 3.81. The van der Waals surface area contributed by atoms with Crippen LogP contribution in [0.2, 0.25) is 0 Å². The van der Waals surface area contributed by atoms with E-state index in [-0.39, 0.29) is 5.90 Å². The molecule has 2 aliphatic heterocycles. The molecular formula is C20H20N4O3. The van der Waals surface area contributed by atoms with Crippen LogP contribution in [-0.2, 0) is 9.47 Å². The lowest BCUT2D eigenvalue weighted by Crippen LogP contribution is -2.59. The number of nitrogens with one attached hydrogen (secondary N) is 1. The summed E-state index contributed by atoms with van der Waals surface area (Å²) in [4.78, 5) is 0. The highest BCUT2D eigenvalue weighted by Crippen LogP contribution is 2.68. The predicted molar refractivity (Wildman–Crippen MR) is 91.7 cm³/mol. The number of ether oxygens (including phenoxy) is 2. The van der Waals surface area contributed by atoms with Gasteiger partial charge in [-0.05, 0) is 31.9 Å². The quantitative estimate of drug-likeness (QED) is 0.805. The van der Waals surface area contributed by atoms with Gasteiger partial charge in [0.2, 0.25) is 17.1 Å². The van der Waals surface area contributed by atoms with Gasteiger partial charge in [0.05, 0.1) is 24.1 Å². The fourth-order valence-electron chi connectivity index (χ4n) is 5.06. The molecule has 1 aromatic rings. The van der Waals surface area contributed by atoms with Crippen LogP contribution in [0.4, 0.5) is 0 Å². The average molecular weight is 364 g/mol. The summed E-state index contributed by atoms with van der Waals surface area (Å²) in [5, 5.41) is 39.0. The molecule has 0 aromatic carbocycles. The van der Waals surface area contributed by atoms with Gasteiger partial charge in [0.15, 0.2) is 11.5 Å². The maximum absolute atomic E-state index is 10.2. The van der Waals surface area contributed by atoms with Gasteiger partial charge < -0.3 is 13.9 Å². The van der Waals surface area contributed by atoms with Crippen LogP contribution in [0.15, 0.2) is 16.5 Å². The Labute approximate surface area is 157 Å². The Morgan fingerprint density at radius 2 is 1.81 bits per heavy atom. The van der Waals surface area contributed by atoms with E-state index in [0.29, 0.717) is 24.4 Å². The first-order valence-electron chi connectivity index (χ1n) is 9.25. The van der Waals surface area contributed by atoms with Crippen molar-refractivity contribution in [2.24, 2.45) is 16.7 Å². The average Bonchev–Trinajstić information content (AvgIpc) is 3.14. The summed E-state index contributed by atoms with van der Waals surface area (Å²) >= 11 is 0. The zero-order valence-electron chi connectivity index (χ0n) is 15.1. The van der Waals surface area contributed by atoms with Crippen molar-refractivity contribution >= 4 is 5.90 Å². The fraction of sp³-hybridized carbons (Fsp3) is 0.600. The van der Waals surface area contributed by atoms with Crippen LogP contribution in [0, 0.1) is 63.1 Å². The van der Waals surface area contributed by atoms with Gasteiger partial charge >= 0.3 is 0 Å². The second-order valence-corrected chi connectivity index (χ2v) is 7.65. The second-order valence-electron chi connectivity index (χ2n) is 7.65. The topological polar surface area (TPSA) is 127 Å². The molecule has 138 valence electrons. The van der Waals surface area contributed by atoms with Crippen molar-refractivity contribution in [2.45, 2.75) is 57.3 Å². The number of hydrogen-bond acceptors (Lipinski definition) is 7. The summed E-state index contributed by atoms with van der Waals surface area (Å²) in [7, 11) is 0. The van der Waals surface area contributed by atoms with E-state index in [2.05, 4.69) is 18.2 Å². The van der Waals surface area contributed by atoms with Crippen molar-refractivity contribution < 1.29 is 13.9 Å². The molecule has 4 atom stereocenters. The van der Waals surface area contributed by atoms with Gasteiger partial charge in [-0.2, -0.15) is 15.8 Å². The lowest BCUT2D eigenvalue weighted by Gasteiger charge is -2.49. The summed E-state index contributed by atoms with van der Waals surface area (Å²) in [6.45, 7) is 1.76. The van der Waals surface area contributed by atoms with Crippen LogP contribution in [0.1, 0.15) is 56.1 Å². The molecule has 7 nitrogen and oxygen atoms in total. The Hall–Kier alpha value is -2.82. The molecule has 1 aromatic heterocycles. The molecule has 1 saturated carbocycles. The normalized spacial score (nSPS) is 36.9. The number of rotatable bonds is 1. The van der Waals surface area contributed by atoms with Gasteiger partial charge in [0.25, 0.3) is 0 Å². The highest BCUT2D eigenvalue weighted by atomic mass is 16.7. The summed E-state index contributed by atoms with van der Waals surface area (Å²) in [5.41, 5.74) is -3.61. The molecule has 0 spiro atoms. The molecular weight excluding hydrogens is 344 g/mol. The molecule has 3 fully saturated rings. The standard InChI is InChI=1S/C20H20N4O3/c1-13-7-8-14(25-13)16-18(10-21,11-22)19(12-23)15-6-4-2-3-5-9-20(15,26-16)27-17(19)24/h7-8,15-16,24H,2-6,9H2,1H3. The smallest absolute Gasteiger partial charge is 0.217 e. The minimum atomic E-state index is -1.92. The molecule has 1 aliphatic carbocycles. The largest absolute Gasteiger partial charge is 0.464 e. The molecule has 0 radical (unpaired) electrons. The van der Waals surface area contributed by atoms with E-state index in [0.717, 1.165) is 25.7 Å². The molecule has 2 saturated heterocycles. The molecule has 2 bridgehead atoms. The number of aryl methyl sites for hydroxylation is 1. The first kappa shape index (κ1) is 17.6. The van der Waals surface area contributed by atoms with Crippen LogP contribution in [0.25, 0.3) is 0 Å². The molecule has 3 aliphatic rings. The third-order valence-electron chi connectivity index (χ3n) is 6.34. The minimum Gasteiger partial charge on any atom is -0.464 e. The second kappa shape index (κ2) is 5.84. The highest BCUT2D eigenvalue weighted by molar-refractivity contribution is 5.89. The van der Waals surface area contributed by atoms with Crippen molar-refractivity contribution in [1.82, 2.24) is 0 Å². The molecule has 0 amide bonds. The van der Waals surface area contributed by atoms with Gasteiger partial charge in [-0.15, -0.1) is 0 Å². The Morgan fingerprint density at radius 3 is 2.44 bits per heavy atom. The number of nitriles is 3. The fourth-order valence-corrected chi connectivity index (χ4v) is 5.06. The van der Waals surface area contributed by atoms with Gasteiger partial charge in [0, 0.05) is 6.42 Å². The van der Waals surface area contributed by atoms with Crippen LogP contribution in [-0.4, -0.2) is 11.7 Å². The Morgan fingerprint density at radius 1 is 1.07 bits per heavy atom. The van der Waals surface area contributed by atoms with Crippen molar-refractivity contribution in [3.8, 4) is 18.2 Å². The first-order chi connectivity index (χ1) is 13.0. The van der Waals surface area contributed by atoms with Crippen LogP contribution in [0.3, 0.4) is 0 Å². The van der Waals surface area contributed by atoms with Crippen LogP contribution < -0.4 is 0 Å². The van der Waals surface area contributed by atoms with E-state index in [1.54, 1.807) is 19.1 Å². The van der Waals surface area contributed by atoms with Gasteiger partial charge in [-0.25, -0.2) is 0 Å². The maximum atomic E-state index is 10.2. The number of hydrogen-bond donors (Lipinski definition) is 1. The summed E-state index contributed by atoms with van der Waals surface area (Å²) in [5.74, 6) is -1.10.